The van der Waals surface area contributed by atoms with E-state index < -0.39 is 0 Å². The Morgan fingerprint density at radius 1 is 1.24 bits per heavy atom. The molecule has 1 aliphatic heterocycles. The summed E-state index contributed by atoms with van der Waals surface area (Å²) >= 11 is 0. The largest absolute Gasteiger partial charge is 0.486 e. The number of benzene rings is 1. The van der Waals surface area contributed by atoms with E-state index in [4.69, 9.17) is 9.47 Å². The van der Waals surface area contributed by atoms with Crippen LogP contribution in [0.15, 0.2) is 18.2 Å². The average Bonchev–Trinajstić information content (AvgIpc) is 2.53. The highest BCUT2D eigenvalue weighted by Gasteiger charge is 2.25. The van der Waals surface area contributed by atoms with Crippen LogP contribution in [0.25, 0.3) is 0 Å². The lowest BCUT2D eigenvalue weighted by molar-refractivity contribution is 0.0661. The summed E-state index contributed by atoms with van der Waals surface area (Å²) in [4.78, 5) is 12.3. The third-order valence-electron chi connectivity index (χ3n) is 4.20. The number of fused-ring (bicyclic) bond motifs is 1. The quantitative estimate of drug-likeness (QED) is 0.890. The van der Waals surface area contributed by atoms with Crippen molar-refractivity contribution in [3.63, 3.8) is 0 Å². The van der Waals surface area contributed by atoms with Gasteiger partial charge in [0.2, 0.25) is 0 Å². The summed E-state index contributed by atoms with van der Waals surface area (Å²) < 4.78 is 11.0. The molecule has 114 valence electrons. The number of ether oxygens (including phenoxy) is 2. The molecule has 1 aromatic carbocycles. The lowest BCUT2D eigenvalue weighted by Crippen LogP contribution is -2.37. The van der Waals surface area contributed by atoms with Crippen LogP contribution in [0.4, 0.5) is 0 Å². The van der Waals surface area contributed by atoms with Gasteiger partial charge in [-0.1, -0.05) is 18.9 Å². The normalized spacial score (nSPS) is 24.4. The zero-order chi connectivity index (χ0) is 14.7. The molecule has 2 unspecified atom stereocenters. The number of nitrogens with one attached hydrogen (secondary N) is 1. The van der Waals surface area contributed by atoms with Crippen LogP contribution in [0, 0.1) is 5.92 Å². The van der Waals surface area contributed by atoms with Crippen LogP contribution in [0.1, 0.15) is 36.0 Å². The zero-order valence-corrected chi connectivity index (χ0v) is 12.0. The first kappa shape index (κ1) is 14.2. The lowest BCUT2D eigenvalue weighted by atomic mass is 9.86. The molecule has 1 aliphatic carbocycles. The van der Waals surface area contributed by atoms with E-state index in [2.05, 4.69) is 5.32 Å². The van der Waals surface area contributed by atoms with Crippen LogP contribution < -0.4 is 14.8 Å². The van der Waals surface area contributed by atoms with Gasteiger partial charge in [0.1, 0.15) is 13.2 Å². The van der Waals surface area contributed by atoms with Gasteiger partial charge in [0.05, 0.1) is 11.7 Å². The van der Waals surface area contributed by atoms with Gasteiger partial charge in [-0.15, -0.1) is 0 Å². The summed E-state index contributed by atoms with van der Waals surface area (Å²) in [7, 11) is 0. The minimum atomic E-state index is -0.302. The maximum Gasteiger partial charge on any atom is 0.255 e. The summed E-state index contributed by atoms with van der Waals surface area (Å²) in [5, 5.41) is 12.9. The fourth-order valence-electron chi connectivity index (χ4n) is 3.00. The van der Waals surface area contributed by atoms with E-state index in [0.717, 1.165) is 25.7 Å². The molecule has 5 nitrogen and oxygen atoms in total. The van der Waals surface area contributed by atoms with E-state index in [1.807, 2.05) is 0 Å². The van der Waals surface area contributed by atoms with E-state index in [9.17, 15) is 9.90 Å². The summed E-state index contributed by atoms with van der Waals surface area (Å²) in [5.41, 5.74) is 0.498. The summed E-state index contributed by atoms with van der Waals surface area (Å²) in [6.07, 6.45) is 3.69. The molecule has 2 atom stereocenters. The number of aliphatic hydroxyl groups excluding tert-OH is 1. The molecule has 2 aliphatic rings. The zero-order valence-electron chi connectivity index (χ0n) is 12.0. The van der Waals surface area contributed by atoms with Gasteiger partial charge < -0.3 is 19.9 Å². The number of amides is 1. The molecule has 5 heteroatoms. The number of aliphatic hydroxyl groups is 1. The molecule has 1 saturated carbocycles. The maximum atomic E-state index is 12.3. The second-order valence-electron chi connectivity index (χ2n) is 5.65. The lowest BCUT2D eigenvalue weighted by Gasteiger charge is -2.28. The van der Waals surface area contributed by atoms with Crippen LogP contribution in [0.5, 0.6) is 11.5 Å². The van der Waals surface area contributed by atoms with E-state index in [1.54, 1.807) is 18.2 Å². The molecule has 0 spiro atoms. The van der Waals surface area contributed by atoms with E-state index in [-0.39, 0.29) is 17.9 Å². The van der Waals surface area contributed by atoms with Gasteiger partial charge in [-0.2, -0.15) is 0 Å². The number of rotatable bonds is 3. The first-order valence-corrected chi connectivity index (χ1v) is 7.60. The van der Waals surface area contributed by atoms with Crippen LogP contribution in [-0.4, -0.2) is 36.9 Å². The van der Waals surface area contributed by atoms with Crippen molar-refractivity contribution in [2.75, 3.05) is 19.8 Å². The van der Waals surface area contributed by atoms with Crippen molar-refractivity contribution in [3.8, 4) is 11.5 Å². The summed E-state index contributed by atoms with van der Waals surface area (Å²) in [6.45, 7) is 1.47. The molecule has 0 bridgehead atoms. The van der Waals surface area contributed by atoms with Crippen LogP contribution in [0.2, 0.25) is 0 Å². The standard InChI is InChI=1S/C16H21NO4/c18-13-6-2-1-4-11(13)10-17-16(19)12-5-3-7-14-15(12)21-9-8-20-14/h3,5,7,11,13,18H,1-2,4,6,8-10H2,(H,17,19). The molecule has 21 heavy (non-hydrogen) atoms. The van der Waals surface area contributed by atoms with Crippen molar-refractivity contribution in [2.45, 2.75) is 31.8 Å². The second kappa shape index (κ2) is 6.35. The number of hydrogen-bond acceptors (Lipinski definition) is 4. The number of hydrogen-bond donors (Lipinski definition) is 2. The summed E-state index contributed by atoms with van der Waals surface area (Å²) in [5.74, 6) is 1.12. The van der Waals surface area contributed by atoms with Crippen LogP contribution >= 0.6 is 0 Å². The molecule has 1 heterocycles. The number of para-hydroxylation sites is 1. The monoisotopic (exact) mass is 291 g/mol. The molecule has 0 saturated heterocycles. The Balaban J connectivity index is 1.65. The highest BCUT2D eigenvalue weighted by Crippen LogP contribution is 2.33. The fraction of sp³-hybridized carbons (Fsp3) is 0.562. The highest BCUT2D eigenvalue weighted by molar-refractivity contribution is 5.97. The van der Waals surface area contributed by atoms with Crippen molar-refractivity contribution in [3.05, 3.63) is 23.8 Å². The first-order chi connectivity index (χ1) is 10.3. The Hall–Kier alpha value is -1.75. The molecule has 1 aromatic rings. The topological polar surface area (TPSA) is 67.8 Å². The molecule has 0 aromatic heterocycles. The third-order valence-corrected chi connectivity index (χ3v) is 4.20. The number of carbonyl (C=O) groups excluding carboxylic acids is 1. The predicted molar refractivity (Wildman–Crippen MR) is 77.7 cm³/mol. The SMILES string of the molecule is O=C(NCC1CCCCC1O)c1cccc2c1OCCO2. The molecular formula is C16H21NO4. The van der Waals surface area contributed by atoms with Gasteiger partial charge in [0.25, 0.3) is 5.91 Å². The van der Waals surface area contributed by atoms with Crippen molar-refractivity contribution in [1.82, 2.24) is 5.32 Å². The van der Waals surface area contributed by atoms with Crippen LogP contribution in [-0.2, 0) is 0 Å². The van der Waals surface area contributed by atoms with Gasteiger partial charge in [-0.05, 0) is 25.0 Å². The van der Waals surface area contributed by atoms with Gasteiger partial charge in [-0.3, -0.25) is 4.79 Å². The van der Waals surface area contributed by atoms with Gasteiger partial charge in [0.15, 0.2) is 11.5 Å². The van der Waals surface area contributed by atoms with E-state index in [1.165, 1.54) is 0 Å². The molecular weight excluding hydrogens is 270 g/mol. The van der Waals surface area contributed by atoms with Gasteiger partial charge >= 0.3 is 0 Å². The smallest absolute Gasteiger partial charge is 0.255 e. The fourth-order valence-corrected chi connectivity index (χ4v) is 3.00. The predicted octanol–water partition coefficient (Wildman–Crippen LogP) is 1.74. The van der Waals surface area contributed by atoms with Crippen LogP contribution in [0.3, 0.4) is 0 Å². The van der Waals surface area contributed by atoms with Crippen molar-refractivity contribution >= 4 is 5.91 Å². The highest BCUT2D eigenvalue weighted by atomic mass is 16.6. The summed E-state index contributed by atoms with van der Waals surface area (Å²) in [6, 6.07) is 5.33. The van der Waals surface area contributed by atoms with E-state index in [0.29, 0.717) is 36.8 Å². The van der Waals surface area contributed by atoms with Crippen molar-refractivity contribution in [1.29, 1.82) is 0 Å². The van der Waals surface area contributed by atoms with Crippen molar-refractivity contribution < 1.29 is 19.4 Å². The second-order valence-corrected chi connectivity index (χ2v) is 5.65. The molecule has 1 amide bonds. The maximum absolute atomic E-state index is 12.3. The minimum absolute atomic E-state index is 0.152. The Morgan fingerprint density at radius 2 is 2.05 bits per heavy atom. The Labute approximate surface area is 124 Å². The van der Waals surface area contributed by atoms with Gasteiger partial charge in [0, 0.05) is 12.5 Å². The van der Waals surface area contributed by atoms with Crippen molar-refractivity contribution in [2.24, 2.45) is 5.92 Å². The van der Waals surface area contributed by atoms with E-state index >= 15 is 0 Å². The molecule has 3 rings (SSSR count). The molecule has 1 fully saturated rings. The molecule has 0 radical (unpaired) electrons. The van der Waals surface area contributed by atoms with Gasteiger partial charge in [-0.25, -0.2) is 0 Å². The molecule has 2 N–H and O–H groups in total. The number of carbonyl (C=O) groups is 1. The average molecular weight is 291 g/mol. The first-order valence-electron chi connectivity index (χ1n) is 7.60. The Morgan fingerprint density at radius 3 is 2.90 bits per heavy atom. The Kier molecular flexibility index (Phi) is 4.29. The third kappa shape index (κ3) is 3.13. The minimum Gasteiger partial charge on any atom is -0.486 e. The Bertz CT molecular complexity index is 517.